The fourth-order valence-electron chi connectivity index (χ4n) is 4.67. The normalized spacial score (nSPS) is 21.5. The number of hydrogen-bond acceptors (Lipinski definition) is 4. The van der Waals surface area contributed by atoms with Gasteiger partial charge in [0.25, 0.3) is 0 Å². The van der Waals surface area contributed by atoms with Crippen molar-refractivity contribution < 1.29 is 27.8 Å². The number of anilines is 2. The standard InChI is InChI=1S/C23H24F3N3O3/c1-13-9-14(2)11-17(10-13)29-20-8-3-15(21(30)31)12-19(20)28-22(29)27-16-4-6-18(7-5-16)32-23(24,25)26/h3-8,12-14,17H,9-11H2,1-2H3,(H,27,28)(H,30,31). The predicted octanol–water partition coefficient (Wildman–Crippen LogP) is 6.37. The minimum Gasteiger partial charge on any atom is -0.478 e. The van der Waals surface area contributed by atoms with Crippen molar-refractivity contribution in [2.75, 3.05) is 5.32 Å². The first-order chi connectivity index (χ1) is 15.1. The Bertz CT molecular complexity index is 1120. The fourth-order valence-corrected chi connectivity index (χ4v) is 4.67. The van der Waals surface area contributed by atoms with Gasteiger partial charge in [0.2, 0.25) is 5.95 Å². The average molecular weight is 447 g/mol. The van der Waals surface area contributed by atoms with Gasteiger partial charge in [-0.3, -0.25) is 0 Å². The molecule has 1 aromatic heterocycles. The van der Waals surface area contributed by atoms with Crippen LogP contribution in [0.2, 0.25) is 0 Å². The molecule has 32 heavy (non-hydrogen) atoms. The van der Waals surface area contributed by atoms with Gasteiger partial charge < -0.3 is 19.7 Å². The van der Waals surface area contributed by atoms with Gasteiger partial charge in [-0.05, 0) is 73.6 Å². The van der Waals surface area contributed by atoms with E-state index in [1.54, 1.807) is 12.1 Å². The molecule has 170 valence electrons. The van der Waals surface area contributed by atoms with E-state index in [-0.39, 0.29) is 17.4 Å². The van der Waals surface area contributed by atoms with Crippen LogP contribution in [0.4, 0.5) is 24.8 Å². The van der Waals surface area contributed by atoms with Gasteiger partial charge in [-0.1, -0.05) is 13.8 Å². The first-order valence-electron chi connectivity index (χ1n) is 10.5. The molecule has 1 saturated carbocycles. The van der Waals surface area contributed by atoms with Crippen LogP contribution in [0, 0.1) is 11.8 Å². The maximum absolute atomic E-state index is 12.4. The van der Waals surface area contributed by atoms with Crippen molar-refractivity contribution in [2.24, 2.45) is 11.8 Å². The van der Waals surface area contributed by atoms with Crippen molar-refractivity contribution in [3.05, 3.63) is 48.0 Å². The molecule has 1 aliphatic rings. The minimum absolute atomic E-state index is 0.146. The Morgan fingerprint density at radius 2 is 1.75 bits per heavy atom. The lowest BCUT2D eigenvalue weighted by atomic mass is 9.80. The minimum atomic E-state index is -4.75. The van der Waals surface area contributed by atoms with E-state index in [0.717, 1.165) is 24.8 Å². The summed E-state index contributed by atoms with van der Waals surface area (Å²) in [6.07, 6.45) is -1.68. The Labute approximate surface area is 183 Å². The van der Waals surface area contributed by atoms with E-state index in [0.29, 0.717) is 29.0 Å². The van der Waals surface area contributed by atoms with Crippen LogP contribution in [0.1, 0.15) is 49.5 Å². The molecule has 3 aromatic rings. The highest BCUT2D eigenvalue weighted by atomic mass is 19.4. The van der Waals surface area contributed by atoms with E-state index in [1.807, 2.05) is 0 Å². The van der Waals surface area contributed by atoms with Gasteiger partial charge >= 0.3 is 12.3 Å². The summed E-state index contributed by atoms with van der Waals surface area (Å²) in [5.74, 6) is 0.254. The van der Waals surface area contributed by atoms with Gasteiger partial charge in [-0.25, -0.2) is 9.78 Å². The zero-order valence-electron chi connectivity index (χ0n) is 17.7. The molecule has 1 heterocycles. The lowest BCUT2D eigenvalue weighted by Gasteiger charge is -2.33. The third kappa shape index (κ3) is 4.81. The number of aromatic nitrogens is 2. The second-order valence-electron chi connectivity index (χ2n) is 8.58. The van der Waals surface area contributed by atoms with Gasteiger partial charge in [0.05, 0.1) is 16.6 Å². The third-order valence-corrected chi connectivity index (χ3v) is 5.80. The molecule has 0 spiro atoms. The lowest BCUT2D eigenvalue weighted by molar-refractivity contribution is -0.274. The molecule has 1 aliphatic carbocycles. The number of carboxylic acid groups (broad SMARTS) is 1. The van der Waals surface area contributed by atoms with E-state index >= 15 is 0 Å². The molecule has 1 fully saturated rings. The Morgan fingerprint density at radius 3 is 2.34 bits per heavy atom. The number of alkyl halides is 3. The summed E-state index contributed by atoms with van der Waals surface area (Å²) >= 11 is 0. The number of carboxylic acids is 1. The first kappa shape index (κ1) is 22.0. The Balaban J connectivity index is 1.71. The van der Waals surface area contributed by atoms with Crippen LogP contribution in [0.25, 0.3) is 11.0 Å². The molecular formula is C23H24F3N3O3. The molecule has 0 saturated heterocycles. The topological polar surface area (TPSA) is 76.4 Å². The molecule has 9 heteroatoms. The van der Waals surface area contributed by atoms with E-state index in [2.05, 4.69) is 33.5 Å². The van der Waals surface area contributed by atoms with Crippen molar-refractivity contribution in [3.8, 4) is 5.75 Å². The quantitative estimate of drug-likeness (QED) is 0.475. The molecular weight excluding hydrogens is 423 g/mol. The van der Waals surface area contributed by atoms with Crippen LogP contribution < -0.4 is 10.1 Å². The zero-order valence-corrected chi connectivity index (χ0v) is 17.7. The highest BCUT2D eigenvalue weighted by Gasteiger charge is 2.31. The maximum Gasteiger partial charge on any atom is 0.573 e. The number of carbonyl (C=O) groups is 1. The molecule has 2 N–H and O–H groups in total. The first-order valence-corrected chi connectivity index (χ1v) is 10.5. The molecule has 2 aromatic carbocycles. The summed E-state index contributed by atoms with van der Waals surface area (Å²) < 4.78 is 43.3. The van der Waals surface area contributed by atoms with Crippen molar-refractivity contribution >= 4 is 28.6 Å². The summed E-state index contributed by atoms with van der Waals surface area (Å²) in [7, 11) is 0. The van der Waals surface area contributed by atoms with E-state index in [4.69, 9.17) is 0 Å². The molecule has 0 amide bonds. The largest absolute Gasteiger partial charge is 0.573 e. The number of halogens is 3. The van der Waals surface area contributed by atoms with Gasteiger partial charge in [-0.2, -0.15) is 0 Å². The predicted molar refractivity (Wildman–Crippen MR) is 114 cm³/mol. The van der Waals surface area contributed by atoms with Crippen molar-refractivity contribution in [2.45, 2.75) is 45.5 Å². The van der Waals surface area contributed by atoms with Crippen molar-refractivity contribution in [3.63, 3.8) is 0 Å². The number of fused-ring (bicyclic) bond motifs is 1. The van der Waals surface area contributed by atoms with E-state index < -0.39 is 12.3 Å². The van der Waals surface area contributed by atoms with Crippen molar-refractivity contribution in [1.29, 1.82) is 0 Å². The molecule has 0 aliphatic heterocycles. The number of nitrogens with one attached hydrogen (secondary N) is 1. The number of nitrogens with zero attached hydrogens (tertiary/aromatic N) is 2. The highest BCUT2D eigenvalue weighted by Crippen LogP contribution is 2.40. The third-order valence-electron chi connectivity index (χ3n) is 5.80. The summed E-state index contributed by atoms with van der Waals surface area (Å²) in [5.41, 5.74) is 2.07. The second kappa shape index (κ2) is 8.37. The molecule has 0 radical (unpaired) electrons. The van der Waals surface area contributed by atoms with Crippen LogP contribution >= 0.6 is 0 Å². The smallest absolute Gasteiger partial charge is 0.478 e. The number of hydrogen-bond donors (Lipinski definition) is 2. The number of benzene rings is 2. The summed E-state index contributed by atoms with van der Waals surface area (Å²) in [6, 6.07) is 10.5. The van der Waals surface area contributed by atoms with Crippen LogP contribution in [-0.4, -0.2) is 27.0 Å². The van der Waals surface area contributed by atoms with Crippen LogP contribution in [-0.2, 0) is 0 Å². The lowest BCUT2D eigenvalue weighted by Crippen LogP contribution is -2.23. The number of rotatable bonds is 5. The monoisotopic (exact) mass is 447 g/mol. The van der Waals surface area contributed by atoms with Gasteiger partial charge in [-0.15, -0.1) is 13.2 Å². The molecule has 2 atom stereocenters. The number of imidazole rings is 1. The van der Waals surface area contributed by atoms with E-state index in [1.165, 1.54) is 30.3 Å². The Morgan fingerprint density at radius 1 is 1.09 bits per heavy atom. The second-order valence-corrected chi connectivity index (χ2v) is 8.58. The summed E-state index contributed by atoms with van der Waals surface area (Å²) in [4.78, 5) is 16.0. The molecule has 6 nitrogen and oxygen atoms in total. The molecule has 4 rings (SSSR count). The SMILES string of the molecule is CC1CC(C)CC(n2c(Nc3ccc(OC(F)(F)F)cc3)nc3cc(C(=O)O)ccc32)C1. The fraction of sp³-hybridized carbons (Fsp3) is 0.391. The van der Waals surface area contributed by atoms with E-state index in [9.17, 15) is 23.1 Å². The molecule has 0 bridgehead atoms. The number of ether oxygens (including phenoxy) is 1. The van der Waals surface area contributed by atoms with Gasteiger partial charge in [0, 0.05) is 11.7 Å². The Kier molecular flexibility index (Phi) is 5.75. The number of aromatic carboxylic acids is 1. The van der Waals surface area contributed by atoms with Crippen LogP contribution in [0.3, 0.4) is 0 Å². The summed E-state index contributed by atoms with van der Waals surface area (Å²) in [6.45, 7) is 4.44. The van der Waals surface area contributed by atoms with Crippen LogP contribution in [0.5, 0.6) is 5.75 Å². The van der Waals surface area contributed by atoms with Gasteiger partial charge in [0.1, 0.15) is 5.75 Å². The Hall–Kier alpha value is -3.23. The molecule has 2 unspecified atom stereocenters. The van der Waals surface area contributed by atoms with Gasteiger partial charge in [0.15, 0.2) is 0 Å². The van der Waals surface area contributed by atoms with Crippen LogP contribution in [0.15, 0.2) is 42.5 Å². The average Bonchev–Trinajstić information content (AvgIpc) is 3.04. The van der Waals surface area contributed by atoms with Crippen molar-refractivity contribution in [1.82, 2.24) is 9.55 Å². The highest BCUT2D eigenvalue weighted by molar-refractivity contribution is 5.93. The zero-order chi connectivity index (χ0) is 23.0. The summed E-state index contributed by atoms with van der Waals surface area (Å²) in [5, 5.41) is 12.5. The maximum atomic E-state index is 12.4.